The molecule has 0 atom stereocenters. The van der Waals surface area contributed by atoms with Crippen LogP contribution in [0.15, 0.2) is 12.4 Å². The summed E-state index contributed by atoms with van der Waals surface area (Å²) in [7, 11) is 0. The first-order valence-electron chi connectivity index (χ1n) is 5.03. The molecule has 1 aromatic rings. The molecule has 0 spiro atoms. The average molecular weight is 224 g/mol. The first-order valence-corrected chi connectivity index (χ1v) is 6.02. The van der Waals surface area contributed by atoms with Crippen molar-refractivity contribution in [3.63, 3.8) is 0 Å². The van der Waals surface area contributed by atoms with Gasteiger partial charge in [-0.2, -0.15) is 11.8 Å². The molecule has 2 heterocycles. The Bertz CT molecular complexity index is 336. The lowest BCUT2D eigenvalue weighted by molar-refractivity contribution is 0.636. The molecule has 82 valence electrons. The lowest BCUT2D eigenvalue weighted by Crippen LogP contribution is -2.43. The Morgan fingerprint density at radius 1 is 1.40 bits per heavy atom. The summed E-state index contributed by atoms with van der Waals surface area (Å²) in [4.78, 5) is 10.7. The first kappa shape index (κ1) is 10.5. The zero-order valence-electron chi connectivity index (χ0n) is 9.10. The van der Waals surface area contributed by atoms with Crippen LogP contribution in [0.4, 0.5) is 11.6 Å². The highest BCUT2D eigenvalue weighted by Gasteiger charge is 2.28. The summed E-state index contributed by atoms with van der Waals surface area (Å²) in [5, 5.41) is 0. The van der Waals surface area contributed by atoms with Crippen LogP contribution in [0.5, 0.6) is 0 Å². The SMILES string of the molecule is CC1(C)CN(c2ncc(N)cn2)CCS1. The van der Waals surface area contributed by atoms with Gasteiger partial charge in [0.25, 0.3) is 0 Å². The van der Waals surface area contributed by atoms with E-state index >= 15 is 0 Å². The predicted octanol–water partition coefficient (Wildman–Crippen LogP) is 1.39. The van der Waals surface area contributed by atoms with Gasteiger partial charge in [-0.05, 0) is 13.8 Å². The molecule has 0 unspecified atom stereocenters. The summed E-state index contributed by atoms with van der Waals surface area (Å²) < 4.78 is 0.281. The minimum Gasteiger partial charge on any atom is -0.396 e. The fourth-order valence-corrected chi connectivity index (χ4v) is 2.79. The molecule has 0 bridgehead atoms. The van der Waals surface area contributed by atoms with Gasteiger partial charge < -0.3 is 10.6 Å². The third-order valence-electron chi connectivity index (χ3n) is 2.37. The fourth-order valence-electron chi connectivity index (χ4n) is 1.68. The van der Waals surface area contributed by atoms with Gasteiger partial charge in [0.1, 0.15) is 0 Å². The second kappa shape index (κ2) is 3.89. The van der Waals surface area contributed by atoms with Crippen LogP contribution in [-0.2, 0) is 0 Å². The highest BCUT2D eigenvalue weighted by Crippen LogP contribution is 2.30. The minimum absolute atomic E-state index is 0.281. The maximum Gasteiger partial charge on any atom is 0.225 e. The van der Waals surface area contributed by atoms with E-state index in [9.17, 15) is 0 Å². The van der Waals surface area contributed by atoms with E-state index in [0.717, 1.165) is 24.8 Å². The third kappa shape index (κ3) is 2.53. The summed E-state index contributed by atoms with van der Waals surface area (Å²) in [5.41, 5.74) is 6.18. The monoisotopic (exact) mass is 224 g/mol. The molecule has 1 aliphatic heterocycles. The first-order chi connectivity index (χ1) is 7.07. The van der Waals surface area contributed by atoms with Crippen LogP contribution in [0.2, 0.25) is 0 Å². The van der Waals surface area contributed by atoms with Crippen molar-refractivity contribution in [1.82, 2.24) is 9.97 Å². The fraction of sp³-hybridized carbons (Fsp3) is 0.600. The van der Waals surface area contributed by atoms with Gasteiger partial charge in [0.15, 0.2) is 0 Å². The number of hydrogen-bond acceptors (Lipinski definition) is 5. The smallest absolute Gasteiger partial charge is 0.225 e. The molecule has 4 nitrogen and oxygen atoms in total. The lowest BCUT2D eigenvalue weighted by Gasteiger charge is -2.37. The molecule has 0 saturated carbocycles. The van der Waals surface area contributed by atoms with Crippen molar-refractivity contribution < 1.29 is 0 Å². The summed E-state index contributed by atoms with van der Waals surface area (Å²) in [5.74, 6) is 1.92. The van der Waals surface area contributed by atoms with Gasteiger partial charge >= 0.3 is 0 Å². The number of nitrogens with zero attached hydrogens (tertiary/aromatic N) is 3. The van der Waals surface area contributed by atoms with E-state index in [1.54, 1.807) is 12.4 Å². The molecule has 2 N–H and O–H groups in total. The number of anilines is 2. The van der Waals surface area contributed by atoms with Gasteiger partial charge in [0.2, 0.25) is 5.95 Å². The molecular weight excluding hydrogens is 208 g/mol. The van der Waals surface area contributed by atoms with Crippen LogP contribution in [0, 0.1) is 0 Å². The molecular formula is C10H16N4S. The van der Waals surface area contributed by atoms with Gasteiger partial charge in [-0.25, -0.2) is 9.97 Å². The lowest BCUT2D eigenvalue weighted by atomic mass is 10.2. The maximum atomic E-state index is 5.56. The number of nitrogen functional groups attached to an aromatic ring is 1. The summed E-state index contributed by atoms with van der Waals surface area (Å²) in [6, 6.07) is 0. The van der Waals surface area contributed by atoms with Crippen molar-refractivity contribution in [2.45, 2.75) is 18.6 Å². The molecule has 0 aliphatic carbocycles. The number of rotatable bonds is 1. The number of aromatic nitrogens is 2. The standard InChI is InChI=1S/C10H16N4S/c1-10(2)7-14(3-4-15-10)9-12-5-8(11)6-13-9/h5-6H,3-4,7,11H2,1-2H3. The van der Waals surface area contributed by atoms with Gasteiger partial charge in [0.05, 0.1) is 18.1 Å². The molecule has 1 aliphatic rings. The molecule has 0 amide bonds. The van der Waals surface area contributed by atoms with Crippen molar-refractivity contribution in [1.29, 1.82) is 0 Å². The molecule has 5 heteroatoms. The quantitative estimate of drug-likeness (QED) is 0.781. The topological polar surface area (TPSA) is 55.0 Å². The van der Waals surface area contributed by atoms with Crippen molar-refractivity contribution in [2.75, 3.05) is 29.5 Å². The number of hydrogen-bond donors (Lipinski definition) is 1. The molecule has 2 rings (SSSR count). The van der Waals surface area contributed by atoms with Crippen molar-refractivity contribution in [3.8, 4) is 0 Å². The zero-order chi connectivity index (χ0) is 10.9. The number of nitrogens with two attached hydrogens (primary N) is 1. The van der Waals surface area contributed by atoms with Gasteiger partial charge in [0, 0.05) is 23.6 Å². The van der Waals surface area contributed by atoms with Crippen LogP contribution in [0.3, 0.4) is 0 Å². The largest absolute Gasteiger partial charge is 0.396 e. The van der Waals surface area contributed by atoms with Crippen LogP contribution in [-0.4, -0.2) is 33.6 Å². The second-order valence-electron chi connectivity index (χ2n) is 4.35. The van der Waals surface area contributed by atoms with Gasteiger partial charge in [-0.15, -0.1) is 0 Å². The third-order valence-corrected chi connectivity index (χ3v) is 3.66. The van der Waals surface area contributed by atoms with Gasteiger partial charge in [-0.3, -0.25) is 0 Å². The Morgan fingerprint density at radius 2 is 2.07 bits per heavy atom. The van der Waals surface area contributed by atoms with E-state index in [4.69, 9.17) is 5.73 Å². The Balaban J connectivity index is 2.13. The van der Waals surface area contributed by atoms with E-state index in [0.29, 0.717) is 5.69 Å². The van der Waals surface area contributed by atoms with Crippen molar-refractivity contribution in [2.24, 2.45) is 0 Å². The molecule has 1 aromatic heterocycles. The Kier molecular flexibility index (Phi) is 2.73. The molecule has 15 heavy (non-hydrogen) atoms. The van der Waals surface area contributed by atoms with E-state index in [1.807, 2.05) is 11.8 Å². The van der Waals surface area contributed by atoms with Crippen LogP contribution < -0.4 is 10.6 Å². The van der Waals surface area contributed by atoms with Crippen LogP contribution in [0.25, 0.3) is 0 Å². The Hall–Kier alpha value is -0.970. The molecule has 0 radical (unpaired) electrons. The van der Waals surface area contributed by atoms with E-state index in [1.165, 1.54) is 0 Å². The summed E-state index contributed by atoms with van der Waals surface area (Å²) in [6.07, 6.45) is 3.33. The van der Waals surface area contributed by atoms with Crippen LogP contribution in [0.1, 0.15) is 13.8 Å². The van der Waals surface area contributed by atoms with E-state index in [-0.39, 0.29) is 4.75 Å². The van der Waals surface area contributed by atoms with E-state index in [2.05, 4.69) is 28.7 Å². The molecule has 0 aromatic carbocycles. The van der Waals surface area contributed by atoms with E-state index < -0.39 is 0 Å². The zero-order valence-corrected chi connectivity index (χ0v) is 9.92. The predicted molar refractivity (Wildman–Crippen MR) is 65.2 cm³/mol. The highest BCUT2D eigenvalue weighted by molar-refractivity contribution is 8.00. The van der Waals surface area contributed by atoms with Crippen molar-refractivity contribution in [3.05, 3.63) is 12.4 Å². The Labute approximate surface area is 94.3 Å². The summed E-state index contributed by atoms with van der Waals surface area (Å²) >= 11 is 2.00. The number of thioether (sulfide) groups is 1. The van der Waals surface area contributed by atoms with Crippen LogP contribution >= 0.6 is 11.8 Å². The van der Waals surface area contributed by atoms with Gasteiger partial charge in [-0.1, -0.05) is 0 Å². The molecule has 1 fully saturated rings. The Morgan fingerprint density at radius 3 is 2.67 bits per heavy atom. The van der Waals surface area contributed by atoms with Crippen molar-refractivity contribution >= 4 is 23.4 Å². The molecule has 1 saturated heterocycles. The summed E-state index contributed by atoms with van der Waals surface area (Å²) in [6.45, 7) is 6.50. The average Bonchev–Trinajstić information content (AvgIpc) is 2.17. The minimum atomic E-state index is 0.281. The normalized spacial score (nSPS) is 20.3. The second-order valence-corrected chi connectivity index (χ2v) is 6.15. The maximum absolute atomic E-state index is 5.56. The highest BCUT2D eigenvalue weighted by atomic mass is 32.2.